The second-order valence-electron chi connectivity index (χ2n) is 5.47. The molecule has 0 saturated carbocycles. The quantitative estimate of drug-likeness (QED) is 0.594. The van der Waals surface area contributed by atoms with Crippen molar-refractivity contribution in [2.75, 3.05) is 25.4 Å². The molecule has 0 aromatic rings. The maximum Gasteiger partial charge on any atom is 0.407 e. The Hall–Kier alpha value is -0.820. The molecule has 22 heavy (non-hydrogen) atoms. The third-order valence-corrected chi connectivity index (χ3v) is 5.30. The number of amides is 1. The molecule has 0 heterocycles. The average molecular weight is 336 g/mol. The molecule has 6 nitrogen and oxygen atoms in total. The molecule has 0 aliphatic rings. The van der Waals surface area contributed by atoms with Gasteiger partial charge in [0.2, 0.25) is 10.0 Å². The van der Waals surface area contributed by atoms with Gasteiger partial charge in [0.05, 0.1) is 5.75 Å². The highest BCUT2D eigenvalue weighted by atomic mass is 32.2. The van der Waals surface area contributed by atoms with Crippen molar-refractivity contribution in [3.63, 3.8) is 0 Å². The zero-order valence-electron chi connectivity index (χ0n) is 14.4. The van der Waals surface area contributed by atoms with E-state index < -0.39 is 16.1 Å². The Balaban J connectivity index is 4.35. The first-order valence-corrected chi connectivity index (χ1v) is 9.90. The lowest BCUT2D eigenvalue weighted by atomic mass is 10.3. The first-order chi connectivity index (χ1) is 10.4. The molecule has 1 unspecified atom stereocenters. The van der Waals surface area contributed by atoms with E-state index in [9.17, 15) is 13.2 Å². The molecule has 1 N–H and O–H groups in total. The summed E-state index contributed by atoms with van der Waals surface area (Å²) in [6.45, 7) is 8.97. The van der Waals surface area contributed by atoms with Gasteiger partial charge >= 0.3 is 6.09 Å². The summed E-state index contributed by atoms with van der Waals surface area (Å²) in [6.07, 6.45) is 3.63. The van der Waals surface area contributed by atoms with Crippen molar-refractivity contribution in [2.45, 2.75) is 65.9 Å². The van der Waals surface area contributed by atoms with Crippen LogP contribution in [0.4, 0.5) is 4.79 Å². The van der Waals surface area contributed by atoms with Crippen LogP contribution in [0.25, 0.3) is 0 Å². The molecule has 0 fully saturated rings. The van der Waals surface area contributed by atoms with Crippen LogP contribution in [0, 0.1) is 0 Å². The standard InChI is InChI=1S/C15H32N2O4S/c1-5-8-11-17(12-9-6-2)22(19,20)13-10-16-15(18)21-14(4)7-3/h14H,5-13H2,1-4H3,(H,16,18). The van der Waals surface area contributed by atoms with Crippen LogP contribution >= 0.6 is 0 Å². The zero-order valence-corrected chi connectivity index (χ0v) is 15.2. The van der Waals surface area contributed by atoms with Crippen LogP contribution in [-0.4, -0.2) is 50.3 Å². The van der Waals surface area contributed by atoms with Crippen molar-refractivity contribution >= 4 is 16.1 Å². The van der Waals surface area contributed by atoms with Crippen LogP contribution in [0.3, 0.4) is 0 Å². The highest BCUT2D eigenvalue weighted by Gasteiger charge is 2.21. The van der Waals surface area contributed by atoms with E-state index in [1.165, 1.54) is 0 Å². The van der Waals surface area contributed by atoms with Gasteiger partial charge in [-0.1, -0.05) is 33.6 Å². The predicted molar refractivity (Wildman–Crippen MR) is 89.4 cm³/mol. The largest absolute Gasteiger partial charge is 0.447 e. The molecule has 0 aromatic heterocycles. The normalized spacial score (nSPS) is 13.1. The van der Waals surface area contributed by atoms with Gasteiger partial charge in [-0.2, -0.15) is 0 Å². The molecule has 0 spiro atoms. The van der Waals surface area contributed by atoms with Crippen LogP contribution in [0.1, 0.15) is 59.8 Å². The number of hydrogen-bond acceptors (Lipinski definition) is 4. The lowest BCUT2D eigenvalue weighted by molar-refractivity contribution is 0.105. The molecule has 0 radical (unpaired) electrons. The predicted octanol–water partition coefficient (Wildman–Crippen LogP) is 2.74. The molecular weight excluding hydrogens is 304 g/mol. The van der Waals surface area contributed by atoms with E-state index in [-0.39, 0.29) is 18.4 Å². The summed E-state index contributed by atoms with van der Waals surface area (Å²) in [5.41, 5.74) is 0. The topological polar surface area (TPSA) is 75.7 Å². The zero-order chi connectivity index (χ0) is 17.0. The number of carbonyl (C=O) groups is 1. The van der Waals surface area contributed by atoms with E-state index in [4.69, 9.17) is 4.74 Å². The Labute approximate surface area is 135 Å². The number of ether oxygens (including phenoxy) is 1. The third kappa shape index (κ3) is 9.25. The molecule has 7 heteroatoms. The Kier molecular flexibility index (Phi) is 11.3. The lowest BCUT2D eigenvalue weighted by Crippen LogP contribution is -2.39. The van der Waals surface area contributed by atoms with Gasteiger partial charge in [-0.25, -0.2) is 17.5 Å². The van der Waals surface area contributed by atoms with Crippen molar-refractivity contribution in [2.24, 2.45) is 0 Å². The van der Waals surface area contributed by atoms with Gasteiger partial charge < -0.3 is 10.1 Å². The van der Waals surface area contributed by atoms with E-state index in [0.29, 0.717) is 13.1 Å². The van der Waals surface area contributed by atoms with E-state index in [1.807, 2.05) is 20.8 Å². The fourth-order valence-corrected chi connectivity index (χ4v) is 3.21. The van der Waals surface area contributed by atoms with E-state index >= 15 is 0 Å². The molecule has 1 amide bonds. The molecule has 132 valence electrons. The molecule has 0 aliphatic carbocycles. The fraction of sp³-hybridized carbons (Fsp3) is 0.933. The van der Waals surface area contributed by atoms with Crippen molar-refractivity contribution in [1.82, 2.24) is 9.62 Å². The summed E-state index contributed by atoms with van der Waals surface area (Å²) >= 11 is 0. The molecule has 0 rings (SSSR count). The monoisotopic (exact) mass is 336 g/mol. The summed E-state index contributed by atoms with van der Waals surface area (Å²) < 4.78 is 31.3. The van der Waals surface area contributed by atoms with Crippen LogP contribution in [-0.2, 0) is 14.8 Å². The number of carbonyl (C=O) groups excluding carboxylic acids is 1. The number of rotatable bonds is 12. The Morgan fingerprint density at radius 3 is 2.14 bits per heavy atom. The van der Waals surface area contributed by atoms with Crippen molar-refractivity contribution in [3.8, 4) is 0 Å². The summed E-state index contributed by atoms with van der Waals surface area (Å²) in [4.78, 5) is 11.5. The van der Waals surface area contributed by atoms with Crippen molar-refractivity contribution in [3.05, 3.63) is 0 Å². The summed E-state index contributed by atoms with van der Waals surface area (Å²) in [6, 6.07) is 0. The first-order valence-electron chi connectivity index (χ1n) is 8.29. The van der Waals surface area contributed by atoms with Crippen LogP contribution in [0.15, 0.2) is 0 Å². The van der Waals surface area contributed by atoms with E-state index in [2.05, 4.69) is 5.32 Å². The van der Waals surface area contributed by atoms with Gasteiger partial charge in [0.15, 0.2) is 0 Å². The van der Waals surface area contributed by atoms with Gasteiger partial charge in [0.25, 0.3) is 0 Å². The SMILES string of the molecule is CCCCN(CCCC)S(=O)(=O)CCNC(=O)OC(C)CC. The van der Waals surface area contributed by atoms with Gasteiger partial charge in [0.1, 0.15) is 6.10 Å². The lowest BCUT2D eigenvalue weighted by Gasteiger charge is -2.22. The molecular formula is C15H32N2O4S. The van der Waals surface area contributed by atoms with E-state index in [1.54, 1.807) is 11.2 Å². The third-order valence-electron chi connectivity index (χ3n) is 3.43. The van der Waals surface area contributed by atoms with Gasteiger partial charge in [-0.15, -0.1) is 0 Å². The number of nitrogens with one attached hydrogen (secondary N) is 1. The summed E-state index contributed by atoms with van der Waals surface area (Å²) in [5.74, 6) is -0.0873. The second kappa shape index (κ2) is 11.7. The molecule has 0 aliphatic heterocycles. The minimum Gasteiger partial charge on any atom is -0.447 e. The number of hydrogen-bond donors (Lipinski definition) is 1. The maximum atomic E-state index is 12.3. The molecule has 0 aromatic carbocycles. The Morgan fingerprint density at radius 2 is 1.68 bits per heavy atom. The van der Waals surface area contributed by atoms with Crippen LogP contribution < -0.4 is 5.32 Å². The van der Waals surface area contributed by atoms with Gasteiger partial charge in [0, 0.05) is 19.6 Å². The minimum atomic E-state index is -3.33. The number of sulfonamides is 1. The Morgan fingerprint density at radius 1 is 1.14 bits per heavy atom. The molecule has 0 saturated heterocycles. The summed E-state index contributed by atoms with van der Waals surface area (Å²) in [5, 5.41) is 2.50. The van der Waals surface area contributed by atoms with Crippen molar-refractivity contribution in [1.29, 1.82) is 0 Å². The number of unbranched alkanes of at least 4 members (excludes halogenated alkanes) is 2. The number of alkyl carbamates (subject to hydrolysis) is 1. The fourth-order valence-electron chi connectivity index (χ4n) is 1.78. The van der Waals surface area contributed by atoms with Crippen LogP contribution in [0.5, 0.6) is 0 Å². The summed E-state index contributed by atoms with van der Waals surface area (Å²) in [7, 11) is -3.33. The molecule has 0 bridgehead atoms. The van der Waals surface area contributed by atoms with Gasteiger partial charge in [-0.3, -0.25) is 0 Å². The smallest absolute Gasteiger partial charge is 0.407 e. The minimum absolute atomic E-state index is 0.0757. The average Bonchev–Trinajstić information content (AvgIpc) is 2.46. The Bertz CT molecular complexity index is 390. The number of nitrogens with zero attached hydrogens (tertiary/aromatic N) is 1. The van der Waals surface area contributed by atoms with E-state index in [0.717, 1.165) is 32.1 Å². The first kappa shape index (κ1) is 21.2. The highest BCUT2D eigenvalue weighted by Crippen LogP contribution is 2.07. The van der Waals surface area contributed by atoms with Crippen LogP contribution in [0.2, 0.25) is 0 Å². The highest BCUT2D eigenvalue weighted by molar-refractivity contribution is 7.89. The molecule has 1 atom stereocenters. The van der Waals surface area contributed by atoms with Gasteiger partial charge in [-0.05, 0) is 26.2 Å². The second-order valence-corrected chi connectivity index (χ2v) is 7.56. The maximum absolute atomic E-state index is 12.3. The van der Waals surface area contributed by atoms with Crippen molar-refractivity contribution < 1.29 is 17.9 Å².